The van der Waals surface area contributed by atoms with Crippen LogP contribution in [0.5, 0.6) is 0 Å². The molecule has 2 aromatic carbocycles. The molecule has 21 heavy (non-hydrogen) atoms. The first-order chi connectivity index (χ1) is 10.3. The van der Waals surface area contributed by atoms with E-state index in [0.717, 1.165) is 19.3 Å². The highest BCUT2D eigenvalue weighted by molar-refractivity contribution is 5.80. The van der Waals surface area contributed by atoms with Gasteiger partial charge in [-0.3, -0.25) is 4.79 Å². The number of aryl methyl sites for hydroxylation is 2. The van der Waals surface area contributed by atoms with Gasteiger partial charge in [-0.2, -0.15) is 0 Å². The lowest BCUT2D eigenvalue weighted by atomic mass is 10.1. The summed E-state index contributed by atoms with van der Waals surface area (Å²) in [7, 11) is 0. The quantitative estimate of drug-likeness (QED) is 0.636. The molecule has 0 heterocycles. The summed E-state index contributed by atoms with van der Waals surface area (Å²) >= 11 is 0. The Kier molecular flexibility index (Phi) is 6.47. The molecule has 0 aliphatic heterocycles. The maximum absolute atomic E-state index is 11.8. The number of carbonyl (C=O) groups excluding carboxylic acids is 1. The van der Waals surface area contributed by atoms with Gasteiger partial charge in [-0.05, 0) is 30.4 Å². The minimum atomic E-state index is 0.315. The molecule has 2 aromatic rings. The summed E-state index contributed by atoms with van der Waals surface area (Å²) in [5, 5.41) is 0. The van der Waals surface area contributed by atoms with Gasteiger partial charge in [0.1, 0.15) is 5.78 Å². The standard InChI is InChI=1S/C20H22O/c21-20(17-16-19-13-6-2-7-14-19)15-9-3-8-12-18-10-4-1-5-11-18/h1-7,9-11,13-14H,8,12,15-17H2/b9-3+. The van der Waals surface area contributed by atoms with Crippen LogP contribution >= 0.6 is 0 Å². The van der Waals surface area contributed by atoms with Gasteiger partial charge in [-0.15, -0.1) is 0 Å². The zero-order chi connectivity index (χ0) is 14.8. The van der Waals surface area contributed by atoms with Crippen LogP contribution in [0, 0.1) is 0 Å². The van der Waals surface area contributed by atoms with Crippen LogP contribution in [0.3, 0.4) is 0 Å². The number of Topliss-reactive ketones (excluding diaryl/α,β-unsaturated/α-hetero) is 1. The smallest absolute Gasteiger partial charge is 0.136 e. The summed E-state index contributed by atoms with van der Waals surface area (Å²) in [6.45, 7) is 0. The van der Waals surface area contributed by atoms with Crippen molar-refractivity contribution in [3.63, 3.8) is 0 Å². The van der Waals surface area contributed by atoms with Crippen LogP contribution in [0.15, 0.2) is 72.8 Å². The summed E-state index contributed by atoms with van der Waals surface area (Å²) in [5.41, 5.74) is 2.58. The Bertz CT molecular complexity index is 555. The molecular formula is C20H22O. The van der Waals surface area contributed by atoms with Gasteiger partial charge in [0.05, 0.1) is 0 Å². The molecule has 0 unspecified atom stereocenters. The molecule has 0 aliphatic rings. The van der Waals surface area contributed by atoms with Crippen molar-refractivity contribution in [2.75, 3.05) is 0 Å². The average molecular weight is 278 g/mol. The number of hydrogen-bond acceptors (Lipinski definition) is 1. The average Bonchev–Trinajstić information content (AvgIpc) is 2.54. The molecule has 1 nitrogen and oxygen atoms in total. The van der Waals surface area contributed by atoms with Crippen LogP contribution in [-0.2, 0) is 17.6 Å². The number of carbonyl (C=O) groups is 1. The number of rotatable bonds is 8. The lowest BCUT2D eigenvalue weighted by molar-refractivity contribution is -0.118. The van der Waals surface area contributed by atoms with E-state index in [1.165, 1.54) is 11.1 Å². The Morgan fingerprint density at radius 1 is 0.762 bits per heavy atom. The van der Waals surface area contributed by atoms with Crippen molar-refractivity contribution >= 4 is 5.78 Å². The van der Waals surface area contributed by atoms with E-state index in [1.54, 1.807) is 0 Å². The second-order valence-corrected chi connectivity index (χ2v) is 5.22. The van der Waals surface area contributed by atoms with E-state index in [0.29, 0.717) is 18.6 Å². The van der Waals surface area contributed by atoms with Crippen LogP contribution in [0.4, 0.5) is 0 Å². The fourth-order valence-electron chi connectivity index (χ4n) is 2.26. The number of allylic oxidation sites excluding steroid dienone is 2. The van der Waals surface area contributed by atoms with Crippen molar-refractivity contribution in [1.29, 1.82) is 0 Å². The van der Waals surface area contributed by atoms with Crippen molar-refractivity contribution in [3.05, 3.63) is 83.9 Å². The molecule has 0 radical (unpaired) electrons. The molecule has 0 fully saturated rings. The predicted octanol–water partition coefficient (Wildman–Crippen LogP) is 4.77. The zero-order valence-corrected chi connectivity index (χ0v) is 12.4. The molecular weight excluding hydrogens is 256 g/mol. The second kappa shape index (κ2) is 8.91. The molecule has 0 bridgehead atoms. The molecule has 108 valence electrons. The minimum absolute atomic E-state index is 0.315. The Morgan fingerprint density at radius 2 is 1.33 bits per heavy atom. The fraction of sp³-hybridized carbons (Fsp3) is 0.250. The second-order valence-electron chi connectivity index (χ2n) is 5.22. The van der Waals surface area contributed by atoms with Crippen LogP contribution in [0.25, 0.3) is 0 Å². The Labute approximate surface area is 127 Å². The molecule has 0 atom stereocenters. The van der Waals surface area contributed by atoms with Crippen molar-refractivity contribution in [1.82, 2.24) is 0 Å². The summed E-state index contributed by atoms with van der Waals surface area (Å²) < 4.78 is 0. The highest BCUT2D eigenvalue weighted by atomic mass is 16.1. The van der Waals surface area contributed by atoms with Crippen molar-refractivity contribution in [2.24, 2.45) is 0 Å². The minimum Gasteiger partial charge on any atom is -0.299 e. The summed E-state index contributed by atoms with van der Waals surface area (Å²) in [6, 6.07) is 20.6. The summed E-state index contributed by atoms with van der Waals surface area (Å²) in [5.74, 6) is 0.315. The Morgan fingerprint density at radius 3 is 1.95 bits per heavy atom. The van der Waals surface area contributed by atoms with Crippen molar-refractivity contribution < 1.29 is 4.79 Å². The maximum Gasteiger partial charge on any atom is 0.136 e. The first-order valence-corrected chi connectivity index (χ1v) is 7.59. The molecule has 0 aromatic heterocycles. The van der Waals surface area contributed by atoms with Crippen LogP contribution < -0.4 is 0 Å². The maximum atomic E-state index is 11.8. The molecule has 0 saturated carbocycles. The van der Waals surface area contributed by atoms with Crippen LogP contribution in [-0.4, -0.2) is 5.78 Å². The van der Waals surface area contributed by atoms with Gasteiger partial charge in [-0.1, -0.05) is 72.8 Å². The normalized spacial score (nSPS) is 10.9. The van der Waals surface area contributed by atoms with Gasteiger partial charge in [0.15, 0.2) is 0 Å². The summed E-state index contributed by atoms with van der Waals surface area (Å²) in [4.78, 5) is 11.8. The molecule has 0 spiro atoms. The van der Waals surface area contributed by atoms with E-state index in [2.05, 4.69) is 42.5 Å². The third-order valence-corrected chi connectivity index (χ3v) is 3.49. The predicted molar refractivity (Wildman–Crippen MR) is 88.3 cm³/mol. The van der Waals surface area contributed by atoms with Gasteiger partial charge in [0.2, 0.25) is 0 Å². The topological polar surface area (TPSA) is 17.1 Å². The van der Waals surface area contributed by atoms with E-state index < -0.39 is 0 Å². The lowest BCUT2D eigenvalue weighted by Gasteiger charge is -1.99. The van der Waals surface area contributed by atoms with Crippen LogP contribution in [0.1, 0.15) is 30.4 Å². The van der Waals surface area contributed by atoms with Crippen molar-refractivity contribution in [3.8, 4) is 0 Å². The van der Waals surface area contributed by atoms with E-state index in [1.807, 2.05) is 30.3 Å². The van der Waals surface area contributed by atoms with Gasteiger partial charge < -0.3 is 0 Å². The molecule has 2 rings (SSSR count). The zero-order valence-electron chi connectivity index (χ0n) is 12.4. The monoisotopic (exact) mass is 278 g/mol. The number of benzene rings is 2. The Hall–Kier alpha value is -2.15. The lowest BCUT2D eigenvalue weighted by Crippen LogP contribution is -1.98. The Balaban J connectivity index is 1.61. The largest absolute Gasteiger partial charge is 0.299 e. The van der Waals surface area contributed by atoms with Crippen molar-refractivity contribution in [2.45, 2.75) is 32.1 Å². The van der Waals surface area contributed by atoms with Gasteiger partial charge in [-0.25, -0.2) is 0 Å². The van der Waals surface area contributed by atoms with Crippen LogP contribution in [0.2, 0.25) is 0 Å². The fourth-order valence-corrected chi connectivity index (χ4v) is 2.26. The SMILES string of the molecule is O=C(C/C=C/CCc1ccccc1)CCc1ccccc1. The van der Waals surface area contributed by atoms with E-state index in [-0.39, 0.29) is 0 Å². The number of hydrogen-bond donors (Lipinski definition) is 0. The highest BCUT2D eigenvalue weighted by Crippen LogP contribution is 2.06. The highest BCUT2D eigenvalue weighted by Gasteiger charge is 2.00. The molecule has 0 amide bonds. The third-order valence-electron chi connectivity index (χ3n) is 3.49. The summed E-state index contributed by atoms with van der Waals surface area (Å²) in [6.07, 6.45) is 8.20. The molecule has 0 N–H and O–H groups in total. The molecule has 0 saturated heterocycles. The molecule has 1 heteroatoms. The first-order valence-electron chi connectivity index (χ1n) is 7.59. The first kappa shape index (κ1) is 15.2. The van der Waals surface area contributed by atoms with E-state index in [4.69, 9.17) is 0 Å². The van der Waals surface area contributed by atoms with E-state index >= 15 is 0 Å². The van der Waals surface area contributed by atoms with Gasteiger partial charge >= 0.3 is 0 Å². The number of ketones is 1. The van der Waals surface area contributed by atoms with E-state index in [9.17, 15) is 4.79 Å². The van der Waals surface area contributed by atoms with Gasteiger partial charge in [0, 0.05) is 12.8 Å². The van der Waals surface area contributed by atoms with Gasteiger partial charge in [0.25, 0.3) is 0 Å². The molecule has 0 aliphatic carbocycles. The third kappa shape index (κ3) is 6.22.